The summed E-state index contributed by atoms with van der Waals surface area (Å²) in [6.45, 7) is 8.02. The summed E-state index contributed by atoms with van der Waals surface area (Å²) in [6, 6.07) is 24.2. The molecule has 3 aromatic carbocycles. The molecular formula is C28H30ClN3O. The lowest BCUT2D eigenvalue weighted by molar-refractivity contribution is 0.0953. The molecule has 1 heterocycles. The Morgan fingerprint density at radius 1 is 0.970 bits per heavy atom. The van der Waals surface area contributed by atoms with Crippen LogP contribution < -0.4 is 5.32 Å². The molecule has 1 N–H and O–H groups in total. The highest BCUT2D eigenvalue weighted by atomic mass is 35.5. The molecule has 4 nitrogen and oxygen atoms in total. The van der Waals surface area contributed by atoms with Crippen LogP contribution in [0.5, 0.6) is 0 Å². The summed E-state index contributed by atoms with van der Waals surface area (Å²) in [6.07, 6.45) is 1.57. The second-order valence-electron chi connectivity index (χ2n) is 9.39. The maximum Gasteiger partial charge on any atom is 0.252 e. The summed E-state index contributed by atoms with van der Waals surface area (Å²) in [7, 11) is 0. The van der Waals surface area contributed by atoms with Gasteiger partial charge in [0.1, 0.15) is 5.82 Å². The van der Waals surface area contributed by atoms with Crippen LogP contribution in [0.3, 0.4) is 0 Å². The first-order valence-corrected chi connectivity index (χ1v) is 11.8. The molecule has 0 saturated carbocycles. The van der Waals surface area contributed by atoms with E-state index in [0.717, 1.165) is 36.2 Å². The summed E-state index contributed by atoms with van der Waals surface area (Å²) >= 11 is 6.13. The highest BCUT2D eigenvalue weighted by Crippen LogP contribution is 2.24. The zero-order valence-electron chi connectivity index (χ0n) is 19.4. The zero-order chi connectivity index (χ0) is 23.4. The minimum absolute atomic E-state index is 0.139. The van der Waals surface area contributed by atoms with Crippen molar-refractivity contribution < 1.29 is 4.79 Å². The molecule has 5 heteroatoms. The lowest BCUT2D eigenvalue weighted by atomic mass is 9.87. The maximum absolute atomic E-state index is 12.4. The molecule has 0 radical (unpaired) electrons. The summed E-state index contributed by atoms with van der Waals surface area (Å²) < 4.78 is 2.29. The van der Waals surface area contributed by atoms with E-state index in [-0.39, 0.29) is 11.3 Å². The number of benzene rings is 3. The predicted octanol–water partition coefficient (Wildman–Crippen LogP) is 6.40. The van der Waals surface area contributed by atoms with Gasteiger partial charge in [-0.05, 0) is 47.2 Å². The average molecular weight is 460 g/mol. The van der Waals surface area contributed by atoms with Gasteiger partial charge in [-0.25, -0.2) is 4.98 Å². The molecule has 0 aliphatic rings. The topological polar surface area (TPSA) is 46.9 Å². The molecule has 0 atom stereocenters. The maximum atomic E-state index is 12.4. The second-order valence-corrected chi connectivity index (χ2v) is 9.80. The van der Waals surface area contributed by atoms with Crippen LogP contribution in [-0.2, 0) is 18.4 Å². The number of carbonyl (C=O) groups is 1. The summed E-state index contributed by atoms with van der Waals surface area (Å²) in [5, 5.41) is 3.44. The van der Waals surface area contributed by atoms with Gasteiger partial charge in [-0.15, -0.1) is 0 Å². The van der Waals surface area contributed by atoms with Gasteiger partial charge < -0.3 is 9.88 Å². The number of fused-ring (bicyclic) bond motifs is 1. The van der Waals surface area contributed by atoms with E-state index >= 15 is 0 Å². The van der Waals surface area contributed by atoms with Gasteiger partial charge in [0.15, 0.2) is 0 Å². The van der Waals surface area contributed by atoms with Crippen molar-refractivity contribution in [2.75, 3.05) is 6.54 Å². The van der Waals surface area contributed by atoms with Crippen LogP contribution in [0.25, 0.3) is 11.0 Å². The van der Waals surface area contributed by atoms with Crippen molar-refractivity contribution in [2.24, 2.45) is 0 Å². The van der Waals surface area contributed by atoms with Crippen LogP contribution in [0.15, 0.2) is 72.8 Å². The number of rotatable bonds is 7. The fourth-order valence-electron chi connectivity index (χ4n) is 3.97. The first-order valence-electron chi connectivity index (χ1n) is 11.4. The molecular weight excluding hydrogens is 430 g/mol. The molecule has 1 aromatic heterocycles. The van der Waals surface area contributed by atoms with Crippen molar-refractivity contribution in [1.29, 1.82) is 0 Å². The lowest BCUT2D eigenvalue weighted by Gasteiger charge is -2.19. The first kappa shape index (κ1) is 23.1. The van der Waals surface area contributed by atoms with Gasteiger partial charge in [-0.1, -0.05) is 80.9 Å². The van der Waals surface area contributed by atoms with Gasteiger partial charge in [0.2, 0.25) is 0 Å². The van der Waals surface area contributed by atoms with Crippen LogP contribution in [0.1, 0.15) is 54.5 Å². The number of carbonyl (C=O) groups excluding carboxylic acids is 1. The summed E-state index contributed by atoms with van der Waals surface area (Å²) in [5.74, 6) is 0.885. The van der Waals surface area contributed by atoms with E-state index < -0.39 is 0 Å². The normalized spacial score (nSPS) is 11.6. The molecule has 0 aliphatic carbocycles. The number of aryl methyl sites for hydroxylation is 1. The monoisotopic (exact) mass is 459 g/mol. The number of amides is 1. The van der Waals surface area contributed by atoms with Crippen molar-refractivity contribution in [3.8, 4) is 0 Å². The third-order valence-electron chi connectivity index (χ3n) is 5.88. The van der Waals surface area contributed by atoms with Crippen molar-refractivity contribution in [2.45, 2.75) is 45.6 Å². The molecule has 0 spiro atoms. The van der Waals surface area contributed by atoms with Gasteiger partial charge >= 0.3 is 0 Å². The van der Waals surface area contributed by atoms with Gasteiger partial charge in [-0.3, -0.25) is 4.79 Å². The highest BCUT2D eigenvalue weighted by Gasteiger charge is 2.15. The average Bonchev–Trinajstić information content (AvgIpc) is 3.14. The fourth-order valence-corrected chi connectivity index (χ4v) is 4.20. The second kappa shape index (κ2) is 9.80. The number of hydrogen-bond donors (Lipinski definition) is 1. The van der Waals surface area contributed by atoms with Crippen molar-refractivity contribution in [3.63, 3.8) is 0 Å². The van der Waals surface area contributed by atoms with Crippen molar-refractivity contribution in [1.82, 2.24) is 14.9 Å². The molecule has 4 aromatic rings. The summed E-state index contributed by atoms with van der Waals surface area (Å²) in [5.41, 5.74) is 5.35. The highest BCUT2D eigenvalue weighted by molar-refractivity contribution is 6.33. The Kier molecular flexibility index (Phi) is 6.85. The number of halogens is 1. The minimum atomic E-state index is -0.145. The number of para-hydroxylation sites is 2. The Bertz CT molecular complexity index is 1250. The van der Waals surface area contributed by atoms with Crippen LogP contribution in [-0.4, -0.2) is 22.0 Å². The van der Waals surface area contributed by atoms with E-state index in [1.54, 1.807) is 12.1 Å². The Balaban J connectivity index is 1.46. The molecule has 0 fully saturated rings. The van der Waals surface area contributed by atoms with Gasteiger partial charge in [0.25, 0.3) is 5.91 Å². The molecule has 170 valence electrons. The van der Waals surface area contributed by atoms with Crippen LogP contribution in [0.2, 0.25) is 5.02 Å². The minimum Gasteiger partial charge on any atom is -0.352 e. The van der Waals surface area contributed by atoms with Crippen molar-refractivity contribution >= 4 is 28.5 Å². The Labute approximate surface area is 200 Å². The van der Waals surface area contributed by atoms with Gasteiger partial charge in [-0.2, -0.15) is 0 Å². The molecule has 33 heavy (non-hydrogen) atoms. The molecule has 0 bridgehead atoms. The van der Waals surface area contributed by atoms with E-state index in [9.17, 15) is 4.79 Å². The number of nitrogens with zero attached hydrogens (tertiary/aromatic N) is 2. The Hall–Kier alpha value is -3.11. The lowest BCUT2D eigenvalue weighted by Crippen LogP contribution is -2.25. The van der Waals surface area contributed by atoms with E-state index in [1.165, 1.54) is 11.1 Å². The van der Waals surface area contributed by atoms with Crippen LogP contribution >= 0.6 is 11.6 Å². The van der Waals surface area contributed by atoms with E-state index in [0.29, 0.717) is 17.1 Å². The predicted molar refractivity (Wildman–Crippen MR) is 136 cm³/mol. The molecule has 4 rings (SSSR count). The zero-order valence-corrected chi connectivity index (χ0v) is 20.2. The first-order chi connectivity index (χ1) is 15.8. The van der Waals surface area contributed by atoms with Gasteiger partial charge in [0.05, 0.1) is 21.6 Å². The standard InChI is InChI=1S/C28H30ClN3O/c1-28(2,3)21-16-14-20(15-17-21)19-32-25-12-7-6-11-24(25)31-26(32)13-8-18-30-27(33)22-9-4-5-10-23(22)29/h4-7,9-12,14-17H,8,13,18-19H2,1-3H3,(H,30,33). The number of nitrogens with one attached hydrogen (secondary N) is 1. The number of imidazole rings is 1. The molecule has 0 unspecified atom stereocenters. The molecule has 0 aliphatic heterocycles. The molecule has 0 saturated heterocycles. The fraction of sp³-hybridized carbons (Fsp3) is 0.286. The number of hydrogen-bond acceptors (Lipinski definition) is 2. The van der Waals surface area contributed by atoms with Crippen LogP contribution in [0.4, 0.5) is 0 Å². The smallest absolute Gasteiger partial charge is 0.252 e. The largest absolute Gasteiger partial charge is 0.352 e. The third kappa shape index (κ3) is 5.45. The van der Waals surface area contributed by atoms with E-state index in [4.69, 9.17) is 16.6 Å². The number of aromatic nitrogens is 2. The van der Waals surface area contributed by atoms with Crippen LogP contribution in [0, 0.1) is 0 Å². The van der Waals surface area contributed by atoms with E-state index in [2.05, 4.69) is 73.1 Å². The Morgan fingerprint density at radius 3 is 2.39 bits per heavy atom. The third-order valence-corrected chi connectivity index (χ3v) is 6.21. The van der Waals surface area contributed by atoms with Gasteiger partial charge in [0, 0.05) is 19.5 Å². The quantitative estimate of drug-likeness (QED) is 0.325. The van der Waals surface area contributed by atoms with E-state index in [1.807, 2.05) is 18.2 Å². The molecule has 1 amide bonds. The SMILES string of the molecule is CC(C)(C)c1ccc(Cn2c(CCCNC(=O)c3ccccc3Cl)nc3ccccc32)cc1. The Morgan fingerprint density at radius 2 is 1.67 bits per heavy atom. The van der Waals surface area contributed by atoms with Crippen molar-refractivity contribution in [3.05, 3.63) is 100 Å². The summed E-state index contributed by atoms with van der Waals surface area (Å²) in [4.78, 5) is 17.3.